The lowest BCUT2D eigenvalue weighted by Gasteiger charge is -2.26. The average Bonchev–Trinajstić information content (AvgIpc) is 2.49. The standard InChI is InChI=1S/C18H28N2O3/c1-13(2)16-9-6-8-14(3)18(16)20(15(4)21)12-17(22)19-10-7-11-23-5/h6,8-9,13H,7,10-12H2,1-5H3,(H,19,22). The maximum Gasteiger partial charge on any atom is 0.240 e. The van der Waals surface area contributed by atoms with Crippen LogP contribution in [0.1, 0.15) is 44.2 Å². The monoisotopic (exact) mass is 320 g/mol. The van der Waals surface area contributed by atoms with E-state index in [-0.39, 0.29) is 24.3 Å². The van der Waals surface area contributed by atoms with Crippen LogP contribution in [0.2, 0.25) is 0 Å². The highest BCUT2D eigenvalue weighted by Gasteiger charge is 2.21. The number of hydrogen-bond donors (Lipinski definition) is 1. The number of benzene rings is 1. The Balaban J connectivity index is 2.92. The van der Waals surface area contributed by atoms with E-state index in [2.05, 4.69) is 19.2 Å². The number of amides is 2. The molecule has 128 valence electrons. The van der Waals surface area contributed by atoms with Crippen molar-refractivity contribution in [2.45, 2.75) is 40.0 Å². The second kappa shape index (κ2) is 9.30. The number of ether oxygens (including phenoxy) is 1. The molecule has 5 heteroatoms. The molecule has 0 unspecified atom stereocenters. The first-order valence-electron chi connectivity index (χ1n) is 8.01. The van der Waals surface area contributed by atoms with E-state index in [0.717, 1.165) is 23.2 Å². The third-order valence-electron chi connectivity index (χ3n) is 3.69. The third-order valence-corrected chi connectivity index (χ3v) is 3.69. The van der Waals surface area contributed by atoms with Crippen molar-refractivity contribution in [2.24, 2.45) is 0 Å². The number of carbonyl (C=O) groups is 2. The molecule has 0 heterocycles. The van der Waals surface area contributed by atoms with Crippen LogP contribution in [-0.4, -0.2) is 38.6 Å². The first-order valence-corrected chi connectivity index (χ1v) is 8.01. The fraction of sp³-hybridized carbons (Fsp3) is 0.556. The topological polar surface area (TPSA) is 58.6 Å². The van der Waals surface area contributed by atoms with Crippen LogP contribution in [0.3, 0.4) is 0 Å². The van der Waals surface area contributed by atoms with Gasteiger partial charge in [0.25, 0.3) is 0 Å². The van der Waals surface area contributed by atoms with Crippen molar-refractivity contribution in [3.8, 4) is 0 Å². The normalized spacial score (nSPS) is 10.7. The number of methoxy groups -OCH3 is 1. The second-order valence-electron chi connectivity index (χ2n) is 5.97. The van der Waals surface area contributed by atoms with Gasteiger partial charge in [-0.25, -0.2) is 0 Å². The molecule has 0 radical (unpaired) electrons. The van der Waals surface area contributed by atoms with Crippen LogP contribution < -0.4 is 10.2 Å². The minimum Gasteiger partial charge on any atom is -0.385 e. The molecule has 1 rings (SSSR count). The molecule has 1 aromatic carbocycles. The molecule has 0 aromatic heterocycles. The Labute approximate surface area is 139 Å². The summed E-state index contributed by atoms with van der Waals surface area (Å²) in [5.41, 5.74) is 2.92. The Bertz CT molecular complexity index is 541. The first kappa shape index (κ1) is 19.2. The van der Waals surface area contributed by atoms with E-state index in [1.807, 2.05) is 25.1 Å². The molecule has 0 fully saturated rings. The predicted molar refractivity (Wildman–Crippen MR) is 92.8 cm³/mol. The lowest BCUT2D eigenvalue weighted by atomic mass is 9.97. The minimum atomic E-state index is -0.158. The van der Waals surface area contributed by atoms with Crippen LogP contribution in [0.25, 0.3) is 0 Å². The minimum absolute atomic E-state index is 0.0346. The maximum atomic E-state index is 12.1. The highest BCUT2D eigenvalue weighted by Crippen LogP contribution is 2.30. The van der Waals surface area contributed by atoms with Gasteiger partial charge in [-0.3, -0.25) is 9.59 Å². The summed E-state index contributed by atoms with van der Waals surface area (Å²) < 4.78 is 4.95. The van der Waals surface area contributed by atoms with Crippen molar-refractivity contribution >= 4 is 17.5 Å². The van der Waals surface area contributed by atoms with Gasteiger partial charge in [0.05, 0.1) is 5.69 Å². The molecule has 1 aromatic rings. The fourth-order valence-corrected chi connectivity index (χ4v) is 2.51. The molecular weight excluding hydrogens is 292 g/mol. The lowest BCUT2D eigenvalue weighted by Crippen LogP contribution is -2.41. The molecule has 1 N–H and O–H groups in total. The van der Waals surface area contributed by atoms with Crippen molar-refractivity contribution in [1.29, 1.82) is 0 Å². The largest absolute Gasteiger partial charge is 0.385 e. The fourth-order valence-electron chi connectivity index (χ4n) is 2.51. The van der Waals surface area contributed by atoms with Gasteiger partial charge in [-0.2, -0.15) is 0 Å². The number of rotatable bonds is 8. The zero-order valence-electron chi connectivity index (χ0n) is 14.8. The van der Waals surface area contributed by atoms with Crippen molar-refractivity contribution in [3.63, 3.8) is 0 Å². The Morgan fingerprint density at radius 3 is 2.57 bits per heavy atom. The van der Waals surface area contributed by atoms with Crippen molar-refractivity contribution in [1.82, 2.24) is 5.32 Å². The van der Waals surface area contributed by atoms with Crippen LogP contribution in [0.5, 0.6) is 0 Å². The van der Waals surface area contributed by atoms with Gasteiger partial charge in [0, 0.05) is 27.2 Å². The summed E-state index contributed by atoms with van der Waals surface area (Å²) >= 11 is 0. The first-order chi connectivity index (χ1) is 10.9. The SMILES string of the molecule is COCCCNC(=O)CN(C(C)=O)c1c(C)cccc1C(C)C. The van der Waals surface area contributed by atoms with Crippen LogP contribution in [-0.2, 0) is 14.3 Å². The Hall–Kier alpha value is -1.88. The van der Waals surface area contributed by atoms with Crippen molar-refractivity contribution in [3.05, 3.63) is 29.3 Å². The molecule has 23 heavy (non-hydrogen) atoms. The summed E-state index contributed by atoms with van der Waals surface area (Å²) in [7, 11) is 1.63. The second-order valence-corrected chi connectivity index (χ2v) is 5.97. The average molecular weight is 320 g/mol. The number of nitrogens with zero attached hydrogens (tertiary/aromatic N) is 1. The van der Waals surface area contributed by atoms with E-state index >= 15 is 0 Å². The third kappa shape index (κ3) is 5.67. The number of anilines is 1. The van der Waals surface area contributed by atoms with E-state index in [0.29, 0.717) is 13.2 Å². The summed E-state index contributed by atoms with van der Waals surface area (Å²) in [5, 5.41) is 2.83. The van der Waals surface area contributed by atoms with Crippen LogP contribution >= 0.6 is 0 Å². The van der Waals surface area contributed by atoms with E-state index in [4.69, 9.17) is 4.74 Å². The molecule has 2 amide bonds. The van der Waals surface area contributed by atoms with Crippen LogP contribution in [0.15, 0.2) is 18.2 Å². The number of carbonyl (C=O) groups excluding carboxylic acids is 2. The Morgan fingerprint density at radius 1 is 1.30 bits per heavy atom. The van der Waals surface area contributed by atoms with Gasteiger partial charge in [0.15, 0.2) is 0 Å². The highest BCUT2D eigenvalue weighted by atomic mass is 16.5. The molecular formula is C18H28N2O3. The van der Waals surface area contributed by atoms with E-state index in [1.54, 1.807) is 12.0 Å². The van der Waals surface area contributed by atoms with E-state index in [9.17, 15) is 9.59 Å². The molecule has 0 aliphatic rings. The van der Waals surface area contributed by atoms with Gasteiger partial charge < -0.3 is 15.0 Å². The zero-order valence-corrected chi connectivity index (χ0v) is 14.8. The summed E-state index contributed by atoms with van der Waals surface area (Å²) in [6, 6.07) is 5.96. The summed E-state index contributed by atoms with van der Waals surface area (Å²) in [5.74, 6) is -0.0148. The smallest absolute Gasteiger partial charge is 0.240 e. The van der Waals surface area contributed by atoms with E-state index in [1.165, 1.54) is 6.92 Å². The molecule has 0 saturated carbocycles. The maximum absolute atomic E-state index is 12.1. The number of aryl methyl sites for hydroxylation is 1. The molecule has 0 saturated heterocycles. The molecule has 5 nitrogen and oxygen atoms in total. The Kier molecular flexibility index (Phi) is 7.75. The summed E-state index contributed by atoms with van der Waals surface area (Å²) in [6.45, 7) is 8.81. The van der Waals surface area contributed by atoms with Gasteiger partial charge in [-0.05, 0) is 30.4 Å². The Morgan fingerprint density at radius 2 is 2.00 bits per heavy atom. The van der Waals surface area contributed by atoms with Crippen molar-refractivity contribution in [2.75, 3.05) is 31.7 Å². The number of para-hydroxylation sites is 1. The van der Waals surface area contributed by atoms with Gasteiger partial charge in [0.2, 0.25) is 11.8 Å². The molecule has 0 bridgehead atoms. The molecule has 0 aliphatic carbocycles. The lowest BCUT2D eigenvalue weighted by molar-refractivity contribution is -0.123. The summed E-state index contributed by atoms with van der Waals surface area (Å²) in [4.78, 5) is 25.8. The number of hydrogen-bond acceptors (Lipinski definition) is 3. The zero-order chi connectivity index (χ0) is 17.4. The number of nitrogens with one attached hydrogen (secondary N) is 1. The highest BCUT2D eigenvalue weighted by molar-refractivity contribution is 5.98. The van der Waals surface area contributed by atoms with Gasteiger partial charge in [-0.15, -0.1) is 0 Å². The van der Waals surface area contributed by atoms with Crippen LogP contribution in [0, 0.1) is 6.92 Å². The molecule has 0 atom stereocenters. The van der Waals surface area contributed by atoms with E-state index < -0.39 is 0 Å². The van der Waals surface area contributed by atoms with Gasteiger partial charge in [-0.1, -0.05) is 32.0 Å². The molecule has 0 aliphatic heterocycles. The van der Waals surface area contributed by atoms with Gasteiger partial charge >= 0.3 is 0 Å². The summed E-state index contributed by atoms with van der Waals surface area (Å²) in [6.07, 6.45) is 0.754. The van der Waals surface area contributed by atoms with Crippen molar-refractivity contribution < 1.29 is 14.3 Å². The van der Waals surface area contributed by atoms with Gasteiger partial charge in [0.1, 0.15) is 6.54 Å². The predicted octanol–water partition coefficient (Wildman–Crippen LogP) is 2.62. The molecule has 0 spiro atoms. The quantitative estimate of drug-likeness (QED) is 0.749. The van der Waals surface area contributed by atoms with Crippen LogP contribution in [0.4, 0.5) is 5.69 Å².